The number of nitrogens with one attached hydrogen (secondary N) is 1. The second-order valence-corrected chi connectivity index (χ2v) is 6.12. The Labute approximate surface area is 119 Å². The second-order valence-electron chi connectivity index (χ2n) is 4.38. The summed E-state index contributed by atoms with van der Waals surface area (Å²) in [5.41, 5.74) is 0.283. The van der Waals surface area contributed by atoms with Crippen molar-refractivity contribution in [1.82, 2.24) is 9.82 Å². The summed E-state index contributed by atoms with van der Waals surface area (Å²) >= 11 is 0. The molecular weight excluding hydrogens is 304 g/mol. The van der Waals surface area contributed by atoms with Crippen LogP contribution in [-0.4, -0.2) is 32.1 Å². The van der Waals surface area contributed by atoms with Crippen LogP contribution in [0.15, 0.2) is 30.5 Å². The van der Waals surface area contributed by atoms with Gasteiger partial charge in [-0.2, -0.15) is 0 Å². The largest absolute Gasteiger partial charge is 0.298 e. The zero-order valence-electron chi connectivity index (χ0n) is 11.0. The molecule has 0 saturated heterocycles. The monoisotopic (exact) mass is 316 g/mol. The third-order valence-electron chi connectivity index (χ3n) is 2.56. The normalized spacial score (nSPS) is 11.8. The van der Waals surface area contributed by atoms with Crippen molar-refractivity contribution in [3.63, 3.8) is 0 Å². The number of carbonyl (C=O) groups excluding carboxylic acids is 1. The van der Waals surface area contributed by atoms with E-state index >= 15 is 0 Å². The van der Waals surface area contributed by atoms with Gasteiger partial charge in [-0.05, 0) is 6.07 Å². The number of benzene rings is 1. The van der Waals surface area contributed by atoms with Gasteiger partial charge >= 0.3 is 0 Å². The maximum atomic E-state index is 12.5. The molecular formula is C12H12F2N3O3S+. The summed E-state index contributed by atoms with van der Waals surface area (Å²) in [5, 5.41) is 4.34. The third-order valence-corrected chi connectivity index (χ3v) is 3.11. The molecule has 21 heavy (non-hydrogen) atoms. The lowest BCUT2D eigenvalue weighted by Gasteiger charge is -2.05. The number of alkyl halides is 2. The van der Waals surface area contributed by atoms with Crippen LogP contribution in [-0.2, 0) is 16.6 Å². The molecule has 0 atom stereocenters. The Morgan fingerprint density at radius 3 is 2.67 bits per heavy atom. The fourth-order valence-corrected chi connectivity index (χ4v) is 2.26. The molecule has 0 aliphatic heterocycles. The lowest BCUT2D eigenvalue weighted by Crippen LogP contribution is -2.43. The van der Waals surface area contributed by atoms with E-state index in [2.05, 4.69) is 5.10 Å². The number of sulfonamides is 1. The van der Waals surface area contributed by atoms with Gasteiger partial charge in [0.1, 0.15) is 11.1 Å². The van der Waals surface area contributed by atoms with Crippen molar-refractivity contribution in [3.8, 4) is 0 Å². The van der Waals surface area contributed by atoms with E-state index in [9.17, 15) is 22.0 Å². The van der Waals surface area contributed by atoms with Gasteiger partial charge in [-0.1, -0.05) is 22.9 Å². The van der Waals surface area contributed by atoms with Gasteiger partial charge in [-0.25, -0.2) is 21.9 Å². The van der Waals surface area contributed by atoms with Crippen LogP contribution in [0.2, 0.25) is 0 Å². The van der Waals surface area contributed by atoms with Gasteiger partial charge < -0.3 is 0 Å². The molecule has 9 heteroatoms. The SMILES string of the molecule is CS(=O)(=O)NC(=O)c1c[n+](CC(F)F)nc2ccccc12. The number of fused-ring (bicyclic) bond motifs is 1. The van der Waals surface area contributed by atoms with Gasteiger partial charge in [0.2, 0.25) is 22.8 Å². The minimum absolute atomic E-state index is 0.0355. The predicted octanol–water partition coefficient (Wildman–Crippen LogP) is 0.477. The highest BCUT2D eigenvalue weighted by Gasteiger charge is 2.22. The van der Waals surface area contributed by atoms with Gasteiger partial charge in [-0.15, -0.1) is 0 Å². The molecule has 112 valence electrons. The minimum atomic E-state index is -3.75. The fourth-order valence-electron chi connectivity index (χ4n) is 1.81. The molecule has 0 spiro atoms. The summed E-state index contributed by atoms with van der Waals surface area (Å²) in [7, 11) is -3.75. The van der Waals surface area contributed by atoms with Gasteiger partial charge in [0.25, 0.3) is 12.3 Å². The lowest BCUT2D eigenvalue weighted by molar-refractivity contribution is -0.758. The average molecular weight is 316 g/mol. The number of carbonyl (C=O) groups is 1. The summed E-state index contributed by atoms with van der Waals surface area (Å²) < 4.78 is 49.9. The lowest BCUT2D eigenvalue weighted by atomic mass is 10.1. The summed E-state index contributed by atoms with van der Waals surface area (Å²) in [6.45, 7) is -0.690. The molecule has 0 aliphatic rings. The molecule has 0 radical (unpaired) electrons. The summed E-state index contributed by atoms with van der Waals surface area (Å²) in [4.78, 5) is 12.0. The Morgan fingerprint density at radius 1 is 1.38 bits per heavy atom. The van der Waals surface area contributed by atoms with E-state index < -0.39 is 28.9 Å². The molecule has 1 aromatic heterocycles. The van der Waals surface area contributed by atoms with Gasteiger partial charge in [0.05, 0.1) is 6.26 Å². The second kappa shape index (κ2) is 5.68. The molecule has 2 aromatic rings. The van der Waals surface area contributed by atoms with Crippen LogP contribution in [0.3, 0.4) is 0 Å². The highest BCUT2D eigenvalue weighted by molar-refractivity contribution is 7.89. The number of amides is 1. The average Bonchev–Trinajstić information content (AvgIpc) is 2.35. The topological polar surface area (TPSA) is 80.0 Å². The first-order chi connectivity index (χ1) is 9.76. The van der Waals surface area contributed by atoms with Gasteiger partial charge in [0.15, 0.2) is 0 Å². The van der Waals surface area contributed by atoms with Crippen LogP contribution in [0, 0.1) is 0 Å². The van der Waals surface area contributed by atoms with E-state index in [1.165, 1.54) is 0 Å². The van der Waals surface area contributed by atoms with Gasteiger partial charge in [0, 0.05) is 10.5 Å². The zero-order valence-corrected chi connectivity index (χ0v) is 11.8. The first-order valence-electron chi connectivity index (χ1n) is 5.86. The summed E-state index contributed by atoms with van der Waals surface area (Å²) in [6, 6.07) is 6.39. The Hall–Kier alpha value is -2.16. The van der Waals surface area contributed by atoms with E-state index in [-0.39, 0.29) is 5.56 Å². The fraction of sp³-hybridized carbons (Fsp3) is 0.250. The molecule has 0 unspecified atom stereocenters. The van der Waals surface area contributed by atoms with E-state index in [0.29, 0.717) is 10.9 Å². The van der Waals surface area contributed by atoms with Crippen molar-refractivity contribution in [2.45, 2.75) is 13.0 Å². The maximum absolute atomic E-state index is 12.5. The molecule has 2 rings (SSSR count). The molecule has 0 fully saturated rings. The first kappa shape index (κ1) is 15.2. The van der Waals surface area contributed by atoms with Crippen LogP contribution in [0.1, 0.15) is 10.4 Å². The Balaban J connectivity index is 2.56. The molecule has 1 amide bonds. The summed E-state index contributed by atoms with van der Waals surface area (Å²) in [6.07, 6.45) is -0.703. The maximum Gasteiger partial charge on any atom is 0.298 e. The molecule has 1 aromatic carbocycles. The highest BCUT2D eigenvalue weighted by atomic mass is 32.2. The molecule has 1 N–H and O–H groups in total. The Bertz CT molecular complexity index is 793. The predicted molar refractivity (Wildman–Crippen MR) is 70.3 cm³/mol. The number of nitrogens with zero attached hydrogens (tertiary/aromatic N) is 2. The quantitative estimate of drug-likeness (QED) is 0.832. The van der Waals surface area contributed by atoms with Crippen molar-refractivity contribution in [3.05, 3.63) is 36.0 Å². The molecule has 0 saturated carbocycles. The van der Waals surface area contributed by atoms with Crippen LogP contribution in [0.25, 0.3) is 10.9 Å². The molecule has 6 nitrogen and oxygen atoms in total. The third kappa shape index (κ3) is 3.91. The molecule has 0 bridgehead atoms. The minimum Gasteiger partial charge on any atom is -0.268 e. The van der Waals surface area contributed by atoms with E-state index in [4.69, 9.17) is 0 Å². The number of hydrogen-bond acceptors (Lipinski definition) is 4. The first-order valence-corrected chi connectivity index (χ1v) is 7.75. The van der Waals surface area contributed by atoms with Crippen LogP contribution < -0.4 is 9.40 Å². The van der Waals surface area contributed by atoms with Crippen molar-refractivity contribution < 1.29 is 26.7 Å². The summed E-state index contributed by atoms with van der Waals surface area (Å²) in [5.74, 6) is -0.890. The van der Waals surface area contributed by atoms with Crippen LogP contribution >= 0.6 is 0 Å². The number of rotatable bonds is 4. The Kier molecular flexibility index (Phi) is 4.12. The number of aromatic nitrogens is 2. The van der Waals surface area contributed by atoms with Crippen molar-refractivity contribution >= 4 is 26.8 Å². The van der Waals surface area contributed by atoms with Crippen LogP contribution in [0.5, 0.6) is 0 Å². The molecule has 1 heterocycles. The van der Waals surface area contributed by atoms with Crippen molar-refractivity contribution in [2.24, 2.45) is 0 Å². The van der Waals surface area contributed by atoms with Crippen molar-refractivity contribution in [2.75, 3.05) is 6.26 Å². The van der Waals surface area contributed by atoms with E-state index in [1.54, 1.807) is 24.3 Å². The van der Waals surface area contributed by atoms with Crippen LogP contribution in [0.4, 0.5) is 8.78 Å². The van der Waals surface area contributed by atoms with E-state index in [1.807, 2.05) is 4.72 Å². The van der Waals surface area contributed by atoms with E-state index in [0.717, 1.165) is 17.1 Å². The smallest absolute Gasteiger partial charge is 0.268 e. The number of hydrogen-bond donors (Lipinski definition) is 1. The molecule has 0 aliphatic carbocycles. The Morgan fingerprint density at radius 2 is 2.05 bits per heavy atom. The number of halogens is 2. The highest BCUT2D eigenvalue weighted by Crippen LogP contribution is 2.14. The van der Waals surface area contributed by atoms with Crippen molar-refractivity contribution in [1.29, 1.82) is 0 Å². The zero-order chi connectivity index (χ0) is 15.6. The van der Waals surface area contributed by atoms with Gasteiger partial charge in [-0.3, -0.25) is 4.79 Å². The standard InChI is InChI=1S/C12H11F2N3O3S/c1-21(19,20)16-12(18)9-6-17(7-11(13)14)15-10-5-3-2-4-8(9)10/h2-6,11H,7H2,1H3/p+1.